The number of nitrogens with zero attached hydrogens (tertiary/aromatic N) is 1. The topological polar surface area (TPSA) is 118 Å². The summed E-state index contributed by atoms with van der Waals surface area (Å²) in [5, 5.41) is 14.4. The van der Waals surface area contributed by atoms with Gasteiger partial charge in [-0.05, 0) is 23.8 Å². The zero-order valence-electron chi connectivity index (χ0n) is 10.5. The molecule has 2 N–H and O–H groups in total. The van der Waals surface area contributed by atoms with Gasteiger partial charge in [0.1, 0.15) is 5.57 Å². The van der Waals surface area contributed by atoms with Crippen LogP contribution in [0.2, 0.25) is 0 Å². The van der Waals surface area contributed by atoms with Gasteiger partial charge in [-0.1, -0.05) is 12.2 Å². The average Bonchev–Trinajstić information content (AvgIpc) is 2.42. The third kappa shape index (κ3) is 3.38. The van der Waals surface area contributed by atoms with E-state index in [4.69, 9.17) is 0 Å². The molecule has 106 valence electrons. The van der Waals surface area contributed by atoms with E-state index in [1.165, 1.54) is 36.4 Å². The molecule has 1 heterocycles. The van der Waals surface area contributed by atoms with Gasteiger partial charge in [0, 0.05) is 12.1 Å². The molecule has 0 aromatic heterocycles. The summed E-state index contributed by atoms with van der Waals surface area (Å²) in [5.41, 5.74) is 0.424. The largest absolute Gasteiger partial charge is 0.328 e. The third-order valence-corrected chi connectivity index (χ3v) is 2.60. The Labute approximate surface area is 118 Å². The summed E-state index contributed by atoms with van der Waals surface area (Å²) >= 11 is 0. The summed E-state index contributed by atoms with van der Waals surface area (Å²) in [6.07, 6.45) is 4.25. The fraction of sp³-hybridized carbons (Fsp3) is 0. The number of non-ortho nitro benzene ring substituents is 1. The molecule has 4 amide bonds. The first kappa shape index (κ1) is 14.1. The van der Waals surface area contributed by atoms with Crippen LogP contribution in [0, 0.1) is 10.1 Å². The van der Waals surface area contributed by atoms with Crippen molar-refractivity contribution in [1.29, 1.82) is 0 Å². The lowest BCUT2D eigenvalue weighted by Gasteiger charge is -2.12. The first-order valence-electron chi connectivity index (χ1n) is 5.77. The molecule has 0 unspecified atom stereocenters. The normalized spacial score (nSPS) is 14.9. The molecular weight excluding hydrogens is 278 g/mol. The van der Waals surface area contributed by atoms with Crippen molar-refractivity contribution in [2.75, 3.05) is 0 Å². The Balaban J connectivity index is 2.12. The van der Waals surface area contributed by atoms with E-state index in [2.05, 4.69) is 0 Å². The van der Waals surface area contributed by atoms with Crippen molar-refractivity contribution in [3.05, 3.63) is 57.7 Å². The van der Waals surface area contributed by atoms with Crippen LogP contribution in [0.3, 0.4) is 0 Å². The molecule has 0 aliphatic carbocycles. The van der Waals surface area contributed by atoms with Crippen LogP contribution in [-0.2, 0) is 9.59 Å². The van der Waals surface area contributed by atoms with E-state index >= 15 is 0 Å². The number of benzene rings is 1. The fourth-order valence-corrected chi connectivity index (χ4v) is 1.59. The number of nitrogens with one attached hydrogen (secondary N) is 2. The lowest BCUT2D eigenvalue weighted by atomic mass is 10.1. The standard InChI is InChI=1S/C13H9N3O5/c17-11-10(12(18)15-13(19)14-11)3-1-2-8-4-6-9(7-5-8)16(20)21/h1-7H,(H2,14,15,17,18,19)/b2-1+. The van der Waals surface area contributed by atoms with Crippen molar-refractivity contribution >= 4 is 29.6 Å². The molecule has 1 fully saturated rings. The number of barbiturate groups is 1. The summed E-state index contributed by atoms with van der Waals surface area (Å²) in [7, 11) is 0. The van der Waals surface area contributed by atoms with Gasteiger partial charge in [-0.25, -0.2) is 4.79 Å². The van der Waals surface area contributed by atoms with Crippen LogP contribution in [-0.4, -0.2) is 22.8 Å². The number of nitro groups is 1. The highest BCUT2D eigenvalue weighted by molar-refractivity contribution is 6.29. The molecule has 2 rings (SSSR count). The minimum Gasteiger partial charge on any atom is -0.273 e. The van der Waals surface area contributed by atoms with Crippen LogP contribution in [0.1, 0.15) is 5.56 Å². The SMILES string of the molecule is O=C1NC(=O)C(=C/C=C/c2ccc([N+](=O)[O-])cc2)C(=O)N1. The van der Waals surface area contributed by atoms with Crippen molar-refractivity contribution in [2.24, 2.45) is 0 Å². The van der Waals surface area contributed by atoms with Crippen LogP contribution in [0.5, 0.6) is 0 Å². The molecule has 0 spiro atoms. The van der Waals surface area contributed by atoms with Crippen molar-refractivity contribution in [3.8, 4) is 0 Å². The van der Waals surface area contributed by atoms with Crippen molar-refractivity contribution in [3.63, 3.8) is 0 Å². The van der Waals surface area contributed by atoms with E-state index in [-0.39, 0.29) is 11.3 Å². The highest BCUT2D eigenvalue weighted by atomic mass is 16.6. The lowest BCUT2D eigenvalue weighted by molar-refractivity contribution is -0.384. The fourth-order valence-electron chi connectivity index (χ4n) is 1.59. The summed E-state index contributed by atoms with van der Waals surface area (Å²) in [6.45, 7) is 0. The van der Waals surface area contributed by atoms with Gasteiger partial charge in [-0.3, -0.25) is 30.3 Å². The molecular formula is C13H9N3O5. The molecule has 0 bridgehead atoms. The van der Waals surface area contributed by atoms with Gasteiger partial charge < -0.3 is 0 Å². The summed E-state index contributed by atoms with van der Waals surface area (Å²) in [5.74, 6) is -1.56. The van der Waals surface area contributed by atoms with Crippen LogP contribution in [0.4, 0.5) is 10.5 Å². The van der Waals surface area contributed by atoms with Gasteiger partial charge in [0.2, 0.25) is 0 Å². The molecule has 8 nitrogen and oxygen atoms in total. The molecule has 1 aromatic rings. The number of urea groups is 1. The highest BCUT2D eigenvalue weighted by Gasteiger charge is 2.26. The highest BCUT2D eigenvalue weighted by Crippen LogP contribution is 2.13. The number of amides is 4. The zero-order valence-corrected chi connectivity index (χ0v) is 10.5. The Bertz CT molecular complexity index is 666. The van der Waals surface area contributed by atoms with E-state index in [1.54, 1.807) is 6.08 Å². The van der Waals surface area contributed by atoms with Crippen LogP contribution < -0.4 is 10.6 Å². The predicted octanol–water partition coefficient (Wildman–Crippen LogP) is 0.900. The van der Waals surface area contributed by atoms with E-state index in [9.17, 15) is 24.5 Å². The minimum absolute atomic E-state index is 0.0324. The molecule has 21 heavy (non-hydrogen) atoms. The monoisotopic (exact) mass is 287 g/mol. The second-order valence-electron chi connectivity index (χ2n) is 4.03. The number of carbonyl (C=O) groups is 3. The molecule has 1 saturated heterocycles. The maximum atomic E-state index is 11.4. The Morgan fingerprint density at radius 3 is 2.10 bits per heavy atom. The van der Waals surface area contributed by atoms with Gasteiger partial charge in [0.15, 0.2) is 0 Å². The van der Waals surface area contributed by atoms with Crippen LogP contribution in [0.25, 0.3) is 6.08 Å². The van der Waals surface area contributed by atoms with Gasteiger partial charge in [-0.15, -0.1) is 0 Å². The van der Waals surface area contributed by atoms with Crippen LogP contribution >= 0.6 is 0 Å². The first-order valence-corrected chi connectivity index (χ1v) is 5.77. The van der Waals surface area contributed by atoms with Gasteiger partial charge in [0.05, 0.1) is 4.92 Å². The third-order valence-electron chi connectivity index (χ3n) is 2.60. The van der Waals surface area contributed by atoms with Crippen molar-refractivity contribution in [1.82, 2.24) is 10.6 Å². The second kappa shape index (κ2) is 5.78. The molecule has 8 heteroatoms. The molecule has 0 atom stereocenters. The van der Waals surface area contributed by atoms with E-state index in [1.807, 2.05) is 10.6 Å². The molecule has 1 aliphatic heterocycles. The summed E-state index contributed by atoms with van der Waals surface area (Å²) in [6, 6.07) is 4.87. The Morgan fingerprint density at radius 1 is 1.00 bits per heavy atom. The summed E-state index contributed by atoms with van der Waals surface area (Å²) < 4.78 is 0. The molecule has 1 aromatic carbocycles. The number of allylic oxidation sites excluding steroid dienone is 2. The van der Waals surface area contributed by atoms with E-state index in [0.29, 0.717) is 5.56 Å². The maximum Gasteiger partial charge on any atom is 0.328 e. The maximum absolute atomic E-state index is 11.4. The molecule has 0 radical (unpaired) electrons. The van der Waals surface area contributed by atoms with Gasteiger partial charge in [0.25, 0.3) is 17.5 Å². The van der Waals surface area contributed by atoms with E-state index in [0.717, 1.165) is 0 Å². The number of hydrogen-bond acceptors (Lipinski definition) is 5. The van der Waals surface area contributed by atoms with Crippen LogP contribution in [0.15, 0.2) is 42.0 Å². The second-order valence-corrected chi connectivity index (χ2v) is 4.03. The number of imide groups is 2. The van der Waals surface area contributed by atoms with Gasteiger partial charge in [-0.2, -0.15) is 0 Å². The van der Waals surface area contributed by atoms with E-state index < -0.39 is 22.8 Å². The first-order chi connectivity index (χ1) is 9.97. The Morgan fingerprint density at radius 2 is 1.57 bits per heavy atom. The molecule has 0 saturated carbocycles. The summed E-state index contributed by atoms with van der Waals surface area (Å²) in [4.78, 5) is 43.6. The quantitative estimate of drug-likeness (QED) is 0.370. The molecule has 1 aliphatic rings. The zero-order chi connectivity index (χ0) is 15.4. The van der Waals surface area contributed by atoms with Gasteiger partial charge >= 0.3 is 6.03 Å². The predicted molar refractivity (Wildman–Crippen MR) is 71.9 cm³/mol. The average molecular weight is 287 g/mol. The van der Waals surface area contributed by atoms with Crippen molar-refractivity contribution in [2.45, 2.75) is 0 Å². The number of carbonyl (C=O) groups excluding carboxylic acids is 3. The number of hydrogen-bond donors (Lipinski definition) is 2. The Kier molecular flexibility index (Phi) is 3.89. The number of nitro benzene ring substituents is 1. The smallest absolute Gasteiger partial charge is 0.273 e. The Hall–Kier alpha value is -3.29. The number of rotatable bonds is 3. The lowest BCUT2D eigenvalue weighted by Crippen LogP contribution is -2.51. The van der Waals surface area contributed by atoms with Crippen molar-refractivity contribution < 1.29 is 19.3 Å². The minimum atomic E-state index is -0.860.